The minimum Gasteiger partial charge on any atom is -0.477 e. The molecule has 0 saturated heterocycles. The van der Waals surface area contributed by atoms with Crippen molar-refractivity contribution in [1.82, 2.24) is 9.97 Å². The minimum atomic E-state index is -0.320. The van der Waals surface area contributed by atoms with Crippen molar-refractivity contribution in [3.8, 4) is 5.88 Å². The van der Waals surface area contributed by atoms with Gasteiger partial charge in [0.05, 0.1) is 22.4 Å². The molecule has 23 heavy (non-hydrogen) atoms. The second-order valence-corrected chi connectivity index (χ2v) is 5.74. The Labute approximate surface area is 137 Å². The van der Waals surface area contributed by atoms with Crippen LogP contribution in [0.15, 0.2) is 28.1 Å². The highest BCUT2D eigenvalue weighted by Gasteiger charge is 2.19. The van der Waals surface area contributed by atoms with E-state index in [0.29, 0.717) is 23.3 Å². The number of aliphatic imine (C=N–C) groups is 1. The summed E-state index contributed by atoms with van der Waals surface area (Å²) in [5, 5.41) is 3.96. The maximum Gasteiger partial charge on any atom is 0.286 e. The number of anilines is 1. The molecule has 7 nitrogen and oxygen atoms in total. The maximum absolute atomic E-state index is 11.7. The maximum atomic E-state index is 11.7. The largest absolute Gasteiger partial charge is 0.477 e. The highest BCUT2D eigenvalue weighted by molar-refractivity contribution is 8.18. The van der Waals surface area contributed by atoms with Crippen LogP contribution < -0.4 is 15.8 Å². The average Bonchev–Trinajstić information content (AvgIpc) is 2.85. The van der Waals surface area contributed by atoms with Gasteiger partial charge in [0.2, 0.25) is 11.8 Å². The molecule has 0 spiro atoms. The highest BCUT2D eigenvalue weighted by Crippen LogP contribution is 2.29. The summed E-state index contributed by atoms with van der Waals surface area (Å²) in [5.74, 6) is 0.678. The number of benzene rings is 1. The average molecular weight is 329 g/mol. The van der Waals surface area contributed by atoms with Gasteiger partial charge in [0.15, 0.2) is 5.17 Å². The molecule has 0 fully saturated rings. The summed E-state index contributed by atoms with van der Waals surface area (Å²) in [6, 6.07) is 5.62. The molecule has 1 aliphatic rings. The fourth-order valence-corrected chi connectivity index (χ4v) is 2.83. The van der Waals surface area contributed by atoms with E-state index in [1.54, 1.807) is 13.1 Å². The number of amidine groups is 1. The van der Waals surface area contributed by atoms with E-state index in [-0.39, 0.29) is 11.1 Å². The van der Waals surface area contributed by atoms with Crippen LogP contribution in [0.4, 0.5) is 5.95 Å². The normalized spacial score (nSPS) is 16.0. The van der Waals surface area contributed by atoms with Crippen molar-refractivity contribution >= 4 is 45.8 Å². The number of amides is 1. The Hall–Kier alpha value is -2.61. The second-order valence-electron chi connectivity index (χ2n) is 4.68. The fraction of sp³-hybridized carbons (Fsp3) is 0.200. The molecule has 0 saturated carbocycles. The molecule has 0 bridgehead atoms. The van der Waals surface area contributed by atoms with Crippen molar-refractivity contribution in [2.24, 2.45) is 10.7 Å². The lowest BCUT2D eigenvalue weighted by Gasteiger charge is -2.09. The van der Waals surface area contributed by atoms with Gasteiger partial charge in [-0.15, -0.1) is 0 Å². The molecule has 1 amide bonds. The zero-order valence-corrected chi connectivity index (χ0v) is 13.5. The van der Waals surface area contributed by atoms with Crippen LogP contribution in [0, 0.1) is 0 Å². The van der Waals surface area contributed by atoms with Crippen LogP contribution in [0.3, 0.4) is 0 Å². The SMILES string of the molecule is CCOc1nc(NC)nc2ccc(/C=C3/SC(N)=NC3=O)cc12. The molecule has 2 heterocycles. The van der Waals surface area contributed by atoms with Gasteiger partial charge >= 0.3 is 0 Å². The van der Waals surface area contributed by atoms with Gasteiger partial charge in [-0.05, 0) is 42.5 Å². The Kier molecular flexibility index (Phi) is 4.16. The summed E-state index contributed by atoms with van der Waals surface area (Å²) in [4.78, 5) is 24.6. The van der Waals surface area contributed by atoms with Gasteiger partial charge in [-0.25, -0.2) is 4.98 Å². The summed E-state index contributed by atoms with van der Waals surface area (Å²) in [7, 11) is 1.75. The van der Waals surface area contributed by atoms with Crippen LogP contribution in [0.5, 0.6) is 5.88 Å². The second kappa shape index (κ2) is 6.25. The molecule has 8 heteroatoms. The van der Waals surface area contributed by atoms with Gasteiger partial charge < -0.3 is 15.8 Å². The third-order valence-corrected chi connectivity index (χ3v) is 3.94. The summed E-state index contributed by atoms with van der Waals surface area (Å²) in [5.41, 5.74) is 7.15. The van der Waals surface area contributed by atoms with Crippen molar-refractivity contribution in [2.45, 2.75) is 6.92 Å². The van der Waals surface area contributed by atoms with E-state index in [1.165, 1.54) is 0 Å². The van der Waals surface area contributed by atoms with E-state index in [1.807, 2.05) is 25.1 Å². The summed E-state index contributed by atoms with van der Waals surface area (Å²) in [6.45, 7) is 2.39. The fourth-order valence-electron chi connectivity index (χ4n) is 2.14. The van der Waals surface area contributed by atoms with Crippen LogP contribution in [-0.4, -0.2) is 34.7 Å². The smallest absolute Gasteiger partial charge is 0.286 e. The van der Waals surface area contributed by atoms with E-state index in [9.17, 15) is 4.79 Å². The molecule has 0 unspecified atom stereocenters. The monoisotopic (exact) mass is 329 g/mol. The molecule has 1 aromatic carbocycles. The van der Waals surface area contributed by atoms with Crippen LogP contribution in [0.1, 0.15) is 12.5 Å². The number of carbonyl (C=O) groups is 1. The number of carbonyl (C=O) groups excluding carboxylic acids is 1. The van der Waals surface area contributed by atoms with Crippen molar-refractivity contribution in [2.75, 3.05) is 19.0 Å². The van der Waals surface area contributed by atoms with Crippen LogP contribution in [0.25, 0.3) is 17.0 Å². The van der Waals surface area contributed by atoms with Crippen LogP contribution in [-0.2, 0) is 4.79 Å². The predicted molar refractivity (Wildman–Crippen MR) is 92.5 cm³/mol. The number of hydrogen-bond acceptors (Lipinski definition) is 7. The third-order valence-electron chi connectivity index (χ3n) is 3.12. The Balaban J connectivity index is 2.06. The molecule has 0 radical (unpaired) electrons. The number of hydrogen-bond donors (Lipinski definition) is 2. The lowest BCUT2D eigenvalue weighted by atomic mass is 10.1. The molecule has 2 aromatic rings. The van der Waals surface area contributed by atoms with E-state index in [0.717, 1.165) is 28.2 Å². The van der Waals surface area contributed by atoms with E-state index >= 15 is 0 Å². The van der Waals surface area contributed by atoms with Crippen molar-refractivity contribution in [3.63, 3.8) is 0 Å². The van der Waals surface area contributed by atoms with Crippen LogP contribution in [0.2, 0.25) is 0 Å². The van der Waals surface area contributed by atoms with Gasteiger partial charge in [-0.1, -0.05) is 6.07 Å². The molecule has 0 aliphatic carbocycles. The number of nitrogens with one attached hydrogen (secondary N) is 1. The van der Waals surface area contributed by atoms with Gasteiger partial charge in [0.1, 0.15) is 0 Å². The van der Waals surface area contributed by atoms with E-state index < -0.39 is 0 Å². The molecule has 3 rings (SSSR count). The molecule has 3 N–H and O–H groups in total. The van der Waals surface area contributed by atoms with Gasteiger partial charge in [-0.3, -0.25) is 4.79 Å². The lowest BCUT2D eigenvalue weighted by molar-refractivity contribution is -0.113. The van der Waals surface area contributed by atoms with E-state index in [2.05, 4.69) is 20.3 Å². The summed E-state index contributed by atoms with van der Waals surface area (Å²) < 4.78 is 5.60. The zero-order chi connectivity index (χ0) is 16.4. The first-order valence-electron chi connectivity index (χ1n) is 7.01. The first kappa shape index (κ1) is 15.3. The molecule has 1 aliphatic heterocycles. The number of nitrogens with two attached hydrogens (primary N) is 1. The Morgan fingerprint density at radius 2 is 2.22 bits per heavy atom. The predicted octanol–water partition coefficient (Wildman–Crippen LogP) is 2.00. The zero-order valence-electron chi connectivity index (χ0n) is 12.7. The van der Waals surface area contributed by atoms with Gasteiger partial charge in [0, 0.05) is 7.05 Å². The van der Waals surface area contributed by atoms with Gasteiger partial charge in [0.25, 0.3) is 5.91 Å². The molecular weight excluding hydrogens is 314 g/mol. The Morgan fingerprint density at radius 3 is 2.87 bits per heavy atom. The lowest BCUT2D eigenvalue weighted by Crippen LogP contribution is -2.02. The first-order valence-corrected chi connectivity index (χ1v) is 7.82. The number of rotatable bonds is 4. The van der Waals surface area contributed by atoms with Crippen molar-refractivity contribution < 1.29 is 9.53 Å². The van der Waals surface area contributed by atoms with Crippen molar-refractivity contribution in [3.05, 3.63) is 28.7 Å². The van der Waals surface area contributed by atoms with Crippen molar-refractivity contribution in [1.29, 1.82) is 0 Å². The van der Waals surface area contributed by atoms with E-state index in [4.69, 9.17) is 10.5 Å². The summed E-state index contributed by atoms with van der Waals surface area (Å²) in [6.07, 6.45) is 1.75. The molecular formula is C15H15N5O2S. The van der Waals surface area contributed by atoms with Crippen LogP contribution >= 0.6 is 11.8 Å². The quantitative estimate of drug-likeness (QED) is 0.827. The molecule has 0 atom stereocenters. The number of thioether (sulfide) groups is 1. The summed E-state index contributed by atoms with van der Waals surface area (Å²) >= 11 is 1.16. The number of ether oxygens (including phenoxy) is 1. The standard InChI is InChI=1S/C15H15N5O2S/c1-3-22-13-9-6-8(7-11-12(21)19-14(16)23-11)4-5-10(9)18-15(17-2)20-13/h4-7H,3H2,1-2H3,(H2,16,19,21)(H,17,18,20)/b11-7+. The number of nitrogens with zero attached hydrogens (tertiary/aromatic N) is 3. The Bertz CT molecular complexity index is 847. The topological polar surface area (TPSA) is 102 Å². The minimum absolute atomic E-state index is 0.263. The Morgan fingerprint density at radius 1 is 1.39 bits per heavy atom. The first-order chi connectivity index (χ1) is 11.1. The van der Waals surface area contributed by atoms with Gasteiger partial charge in [-0.2, -0.15) is 9.98 Å². The third kappa shape index (κ3) is 3.11. The highest BCUT2D eigenvalue weighted by atomic mass is 32.2. The number of aromatic nitrogens is 2. The molecule has 1 aromatic heterocycles. The molecule has 118 valence electrons. The number of fused-ring (bicyclic) bond motifs is 1.